The number of carbonyl (C=O) groups excluding carboxylic acids is 1. The molecule has 1 heterocycles. The fraction of sp³-hybridized carbons (Fsp3) is 0. The molecule has 0 saturated heterocycles. The van der Waals surface area contributed by atoms with Crippen molar-refractivity contribution in [2.45, 2.75) is 0 Å². The lowest BCUT2D eigenvalue weighted by Gasteiger charge is -1.77. The van der Waals surface area contributed by atoms with Crippen molar-refractivity contribution in [2.24, 2.45) is 4.99 Å². The molecule has 2 heteroatoms. The predicted octanol–water partition coefficient (Wildman–Crippen LogP) is 0.899. The van der Waals surface area contributed by atoms with E-state index in [4.69, 9.17) is 0 Å². The van der Waals surface area contributed by atoms with E-state index in [0.29, 0.717) is 5.70 Å². The molecule has 0 amide bonds. The van der Waals surface area contributed by atoms with Crippen LogP contribution in [0.3, 0.4) is 0 Å². The molecule has 1 rings (SSSR count). The van der Waals surface area contributed by atoms with E-state index in [2.05, 4.69) is 4.99 Å². The third kappa shape index (κ3) is 1.52. The van der Waals surface area contributed by atoms with E-state index in [-0.39, 0.29) is 0 Å². The van der Waals surface area contributed by atoms with Gasteiger partial charge in [-0.2, -0.15) is 0 Å². The fourth-order valence-electron chi connectivity index (χ4n) is 0.487. The molecule has 2 nitrogen and oxygen atoms in total. The Labute approximate surface area is 52.9 Å². The van der Waals surface area contributed by atoms with Crippen molar-refractivity contribution < 1.29 is 4.79 Å². The molecule has 0 radical (unpaired) electrons. The maximum atomic E-state index is 9.96. The summed E-state index contributed by atoms with van der Waals surface area (Å²) in [5.41, 5.74) is 0.333. The first-order valence-electron chi connectivity index (χ1n) is 2.56. The number of allylic oxidation sites excluding steroid dienone is 4. The summed E-state index contributed by atoms with van der Waals surface area (Å²) >= 11 is 0. The topological polar surface area (TPSA) is 29.4 Å². The summed E-state index contributed by atoms with van der Waals surface area (Å²) in [5.74, 6) is 1.69. The minimum Gasteiger partial charge on any atom is -0.245 e. The van der Waals surface area contributed by atoms with E-state index < -0.39 is 0 Å². The number of rotatable bonds is 0. The Morgan fingerprint density at radius 1 is 1.33 bits per heavy atom. The summed E-state index contributed by atoms with van der Waals surface area (Å²) in [7, 11) is 0. The van der Waals surface area contributed by atoms with E-state index in [1.807, 2.05) is 0 Å². The predicted molar refractivity (Wildman–Crippen MR) is 36.0 cm³/mol. The van der Waals surface area contributed by atoms with Gasteiger partial charge in [0.2, 0.25) is 0 Å². The van der Waals surface area contributed by atoms with Gasteiger partial charge in [-0.25, -0.2) is 9.79 Å². The zero-order valence-electron chi connectivity index (χ0n) is 4.74. The van der Waals surface area contributed by atoms with Gasteiger partial charge in [0.1, 0.15) is 5.70 Å². The highest BCUT2D eigenvalue weighted by atomic mass is 16.1. The Kier molecular flexibility index (Phi) is 1.78. The lowest BCUT2D eigenvalue weighted by atomic mass is 10.4. The van der Waals surface area contributed by atoms with Gasteiger partial charge < -0.3 is 0 Å². The van der Waals surface area contributed by atoms with E-state index in [9.17, 15) is 4.79 Å². The molecule has 9 heavy (non-hydrogen) atoms. The smallest absolute Gasteiger partial charge is 0.152 e. The lowest BCUT2D eigenvalue weighted by molar-refractivity contribution is 0.567. The first kappa shape index (κ1) is 5.73. The second kappa shape index (κ2) is 2.80. The molecule has 0 atom stereocenters. The first-order chi connectivity index (χ1) is 4.43. The molecule has 0 saturated carbocycles. The van der Waals surface area contributed by atoms with Gasteiger partial charge in [0.25, 0.3) is 0 Å². The summed E-state index contributed by atoms with van der Waals surface area (Å²) in [6, 6.07) is 0. The zero-order chi connectivity index (χ0) is 6.53. The number of hydrogen-bond donors (Lipinski definition) is 0. The molecule has 0 unspecified atom stereocenters. The van der Waals surface area contributed by atoms with Gasteiger partial charge in [-0.15, -0.1) is 0 Å². The Hall–Kier alpha value is -1.40. The van der Waals surface area contributed by atoms with E-state index >= 15 is 0 Å². The summed E-state index contributed by atoms with van der Waals surface area (Å²) < 4.78 is 0. The van der Waals surface area contributed by atoms with Crippen LogP contribution in [0.1, 0.15) is 0 Å². The monoisotopic (exact) mass is 119 g/mol. The first-order valence-corrected chi connectivity index (χ1v) is 2.56. The zero-order valence-corrected chi connectivity index (χ0v) is 4.74. The van der Waals surface area contributed by atoms with Gasteiger partial charge in [-0.05, 0) is 12.2 Å². The second-order valence-electron chi connectivity index (χ2n) is 1.51. The van der Waals surface area contributed by atoms with Crippen LogP contribution in [-0.4, -0.2) is 12.2 Å². The highest BCUT2D eigenvalue weighted by molar-refractivity contribution is 5.76. The quantitative estimate of drug-likeness (QED) is 0.435. The van der Waals surface area contributed by atoms with Crippen LogP contribution in [0.15, 0.2) is 35.0 Å². The largest absolute Gasteiger partial charge is 0.245 e. The number of hydrogen-bond acceptors (Lipinski definition) is 2. The Morgan fingerprint density at radius 3 is 3.00 bits per heavy atom. The summed E-state index contributed by atoms with van der Waals surface area (Å²) in [6.45, 7) is 0. The molecule has 0 aromatic heterocycles. The molecule has 0 spiro atoms. The van der Waals surface area contributed by atoms with Crippen LogP contribution in [0.4, 0.5) is 0 Å². The summed E-state index contributed by atoms with van der Waals surface area (Å²) in [5, 5.41) is 0. The minimum absolute atomic E-state index is 0.333. The van der Waals surface area contributed by atoms with Crippen molar-refractivity contribution in [1.82, 2.24) is 0 Å². The number of nitrogens with zero attached hydrogens (tertiary/aromatic N) is 1. The average Bonchev–Trinajstić information content (AvgIpc) is 2.13. The molecule has 44 valence electrons. The van der Waals surface area contributed by atoms with Crippen molar-refractivity contribution in [1.29, 1.82) is 0 Å². The molecule has 0 aliphatic carbocycles. The second-order valence-corrected chi connectivity index (χ2v) is 1.51. The van der Waals surface area contributed by atoms with Crippen molar-refractivity contribution >= 4 is 12.2 Å². The average molecular weight is 119 g/mol. The van der Waals surface area contributed by atoms with Crippen molar-refractivity contribution in [3.63, 3.8) is 0 Å². The van der Waals surface area contributed by atoms with Gasteiger partial charge in [-0.1, -0.05) is 12.2 Å². The molecular weight excluding hydrogens is 114 g/mol. The van der Waals surface area contributed by atoms with Crippen LogP contribution in [0.2, 0.25) is 0 Å². The standard InChI is InChI=1S/C7H5NO/c9-6-7-4-2-1-3-5-8-7/h1-5H. The van der Waals surface area contributed by atoms with Crippen LogP contribution in [0, 0.1) is 0 Å². The molecule has 1 aliphatic rings. The lowest BCUT2D eigenvalue weighted by Crippen LogP contribution is -1.69. The van der Waals surface area contributed by atoms with Crippen molar-refractivity contribution in [3.8, 4) is 0 Å². The van der Waals surface area contributed by atoms with Crippen LogP contribution in [0.25, 0.3) is 0 Å². The Balaban J connectivity index is 2.95. The maximum absolute atomic E-state index is 9.96. The van der Waals surface area contributed by atoms with Gasteiger partial charge >= 0.3 is 0 Å². The third-order valence-corrected chi connectivity index (χ3v) is 0.881. The van der Waals surface area contributed by atoms with Gasteiger partial charge in [0.15, 0.2) is 5.94 Å². The van der Waals surface area contributed by atoms with E-state index in [1.54, 1.807) is 36.5 Å². The fourth-order valence-corrected chi connectivity index (χ4v) is 0.487. The van der Waals surface area contributed by atoms with Gasteiger partial charge in [0, 0.05) is 6.21 Å². The minimum atomic E-state index is 0.333. The van der Waals surface area contributed by atoms with Crippen LogP contribution >= 0.6 is 0 Å². The number of aliphatic imine (C=N–C) groups is 1. The highest BCUT2D eigenvalue weighted by Gasteiger charge is 1.85. The molecular formula is C7H5NO. The van der Waals surface area contributed by atoms with Crippen LogP contribution in [-0.2, 0) is 4.79 Å². The molecule has 0 fully saturated rings. The van der Waals surface area contributed by atoms with Crippen LogP contribution in [0.5, 0.6) is 0 Å². The van der Waals surface area contributed by atoms with E-state index in [0.717, 1.165) is 0 Å². The SMILES string of the molecule is O=C=C1C=CC=CC=N1. The highest BCUT2D eigenvalue weighted by Crippen LogP contribution is 1.95. The summed E-state index contributed by atoms with van der Waals surface area (Å²) in [4.78, 5) is 13.7. The van der Waals surface area contributed by atoms with Crippen molar-refractivity contribution in [3.05, 3.63) is 30.0 Å². The van der Waals surface area contributed by atoms with Gasteiger partial charge in [-0.3, -0.25) is 0 Å². The Morgan fingerprint density at radius 2 is 2.22 bits per heavy atom. The molecule has 0 aromatic carbocycles. The normalized spacial score (nSPS) is 15.3. The Bertz CT molecular complexity index is 211. The summed E-state index contributed by atoms with van der Waals surface area (Å²) in [6.07, 6.45) is 8.45. The molecule has 0 N–H and O–H groups in total. The molecule has 0 bridgehead atoms. The molecule has 1 aliphatic heterocycles. The van der Waals surface area contributed by atoms with Gasteiger partial charge in [0.05, 0.1) is 0 Å². The van der Waals surface area contributed by atoms with Crippen molar-refractivity contribution in [2.75, 3.05) is 0 Å². The third-order valence-electron chi connectivity index (χ3n) is 0.881. The van der Waals surface area contributed by atoms with Crippen LogP contribution < -0.4 is 0 Å². The maximum Gasteiger partial charge on any atom is 0.152 e. The molecule has 0 aromatic rings. The van der Waals surface area contributed by atoms with E-state index in [1.165, 1.54) is 0 Å².